The quantitative estimate of drug-likeness (QED) is 0.159. The van der Waals surface area contributed by atoms with Crippen molar-refractivity contribution in [2.45, 2.75) is 19.2 Å². The Morgan fingerprint density at radius 3 is 2.61 bits per heavy atom. The van der Waals surface area contributed by atoms with Gasteiger partial charge < -0.3 is 10.1 Å². The number of thiazole rings is 1. The molecule has 12 heteroatoms. The van der Waals surface area contributed by atoms with E-state index in [1.54, 1.807) is 47.8 Å². The molecular weight excluding hydrogens is 560 g/mol. The van der Waals surface area contributed by atoms with Crippen molar-refractivity contribution in [1.82, 2.24) is 10.4 Å². The average Bonchev–Trinajstić information content (AvgIpc) is 3.30. The molecule has 4 rings (SSSR count). The van der Waals surface area contributed by atoms with Gasteiger partial charge in [0, 0.05) is 26.7 Å². The molecule has 0 saturated heterocycles. The number of anilines is 2. The molecule has 0 aliphatic carbocycles. The van der Waals surface area contributed by atoms with Crippen molar-refractivity contribution in [3.8, 4) is 5.75 Å². The summed E-state index contributed by atoms with van der Waals surface area (Å²) in [6.07, 6.45) is -3.00. The Hall–Kier alpha value is -3.60. The van der Waals surface area contributed by atoms with Gasteiger partial charge in [-0.1, -0.05) is 35.3 Å². The molecule has 1 heterocycles. The van der Waals surface area contributed by atoms with Crippen LogP contribution in [0.1, 0.15) is 22.4 Å². The number of carbonyl (C=O) groups excluding carboxylic acids is 1. The number of hydrogen-bond acceptors (Lipinski definition) is 6. The highest BCUT2D eigenvalue weighted by molar-refractivity contribution is 7.13. The third kappa shape index (κ3) is 7.95. The van der Waals surface area contributed by atoms with Crippen LogP contribution in [0.25, 0.3) is 0 Å². The molecule has 0 unspecified atom stereocenters. The van der Waals surface area contributed by atoms with Gasteiger partial charge in [0.1, 0.15) is 12.4 Å². The molecule has 196 valence electrons. The smallest absolute Gasteiger partial charge is 0.416 e. The van der Waals surface area contributed by atoms with Crippen molar-refractivity contribution in [2.75, 3.05) is 5.32 Å². The van der Waals surface area contributed by atoms with E-state index >= 15 is 0 Å². The van der Waals surface area contributed by atoms with E-state index in [1.807, 2.05) is 0 Å². The Balaban J connectivity index is 1.24. The van der Waals surface area contributed by atoms with Gasteiger partial charge in [0.15, 0.2) is 5.13 Å². The zero-order chi connectivity index (χ0) is 27.1. The van der Waals surface area contributed by atoms with Crippen molar-refractivity contribution in [3.05, 3.63) is 105 Å². The fraction of sp³-hybridized carbons (Fsp3) is 0.115. The molecule has 38 heavy (non-hydrogen) atoms. The first-order chi connectivity index (χ1) is 18.2. The van der Waals surface area contributed by atoms with Crippen LogP contribution >= 0.6 is 34.5 Å². The Kier molecular flexibility index (Phi) is 8.88. The second-order valence-electron chi connectivity index (χ2n) is 7.91. The molecule has 1 amide bonds. The number of hydrazone groups is 1. The van der Waals surface area contributed by atoms with Crippen LogP contribution in [-0.4, -0.2) is 17.1 Å². The van der Waals surface area contributed by atoms with E-state index in [0.717, 1.165) is 23.3 Å². The minimum absolute atomic E-state index is 0.0435. The summed E-state index contributed by atoms with van der Waals surface area (Å²) in [6, 6.07) is 17.1. The monoisotopic (exact) mass is 578 g/mol. The maximum atomic E-state index is 12.9. The first-order valence-corrected chi connectivity index (χ1v) is 12.7. The van der Waals surface area contributed by atoms with Crippen molar-refractivity contribution < 1.29 is 22.7 Å². The summed E-state index contributed by atoms with van der Waals surface area (Å²) in [5.74, 6) is 0.243. The normalized spacial score (nSPS) is 11.5. The number of ether oxygens (including phenoxy) is 1. The van der Waals surface area contributed by atoms with E-state index in [4.69, 9.17) is 27.9 Å². The van der Waals surface area contributed by atoms with Gasteiger partial charge >= 0.3 is 6.18 Å². The van der Waals surface area contributed by atoms with Gasteiger partial charge in [-0.3, -0.25) is 4.79 Å². The van der Waals surface area contributed by atoms with Crippen LogP contribution in [0.4, 0.5) is 24.0 Å². The van der Waals surface area contributed by atoms with E-state index in [9.17, 15) is 18.0 Å². The van der Waals surface area contributed by atoms with Gasteiger partial charge in [-0.25, -0.2) is 10.4 Å². The maximum absolute atomic E-state index is 12.9. The third-order valence-electron chi connectivity index (χ3n) is 5.03. The van der Waals surface area contributed by atoms with Gasteiger partial charge in [-0.15, -0.1) is 11.3 Å². The number of nitrogens with one attached hydrogen (secondary N) is 2. The number of rotatable bonds is 9. The molecule has 0 saturated carbocycles. The summed E-state index contributed by atoms with van der Waals surface area (Å²) < 4.78 is 44.4. The second kappa shape index (κ2) is 12.3. The predicted molar refractivity (Wildman–Crippen MR) is 144 cm³/mol. The summed E-state index contributed by atoms with van der Waals surface area (Å²) in [5.41, 5.74) is 3.92. The van der Waals surface area contributed by atoms with E-state index in [0.29, 0.717) is 26.6 Å². The van der Waals surface area contributed by atoms with Crippen LogP contribution in [0.3, 0.4) is 0 Å². The van der Waals surface area contributed by atoms with Gasteiger partial charge in [-0.05, 0) is 60.2 Å². The lowest BCUT2D eigenvalue weighted by molar-refractivity contribution is -0.137. The van der Waals surface area contributed by atoms with Crippen molar-refractivity contribution >= 4 is 57.5 Å². The second-order valence-corrected chi connectivity index (χ2v) is 9.61. The Labute approximate surface area is 230 Å². The SMILES string of the molecule is O=C(Cc1csc(Nc2cccc(C(F)(F)F)c2)n1)N/N=C\c1ccc(OCc2ccc(Cl)cc2Cl)cc1. The number of alkyl halides is 3. The lowest BCUT2D eigenvalue weighted by Gasteiger charge is -2.08. The maximum Gasteiger partial charge on any atom is 0.416 e. The summed E-state index contributed by atoms with van der Waals surface area (Å²) >= 11 is 13.2. The molecule has 0 bridgehead atoms. The minimum atomic E-state index is -4.44. The molecule has 0 radical (unpaired) electrons. The largest absolute Gasteiger partial charge is 0.489 e. The Morgan fingerprint density at radius 1 is 1.08 bits per heavy atom. The summed E-state index contributed by atoms with van der Waals surface area (Å²) in [5, 5.41) is 9.87. The highest BCUT2D eigenvalue weighted by Gasteiger charge is 2.30. The molecule has 0 aliphatic rings. The number of nitrogens with zero attached hydrogens (tertiary/aromatic N) is 2. The molecular formula is C26H19Cl2F3N4O2S. The molecule has 0 fully saturated rings. The third-order valence-corrected chi connectivity index (χ3v) is 6.42. The molecule has 0 atom stereocenters. The van der Waals surface area contributed by atoms with E-state index in [-0.39, 0.29) is 18.7 Å². The van der Waals surface area contributed by atoms with Gasteiger partial charge in [0.25, 0.3) is 0 Å². The summed E-state index contributed by atoms with van der Waals surface area (Å²) in [6.45, 7) is 0.285. The molecule has 1 aromatic heterocycles. The predicted octanol–water partition coefficient (Wildman–Crippen LogP) is 7.48. The Bertz CT molecular complexity index is 1440. The number of hydrogen-bond donors (Lipinski definition) is 2. The van der Waals surface area contributed by atoms with Crippen LogP contribution in [0.2, 0.25) is 10.0 Å². The minimum Gasteiger partial charge on any atom is -0.489 e. The number of amides is 1. The topological polar surface area (TPSA) is 75.6 Å². The number of carbonyl (C=O) groups is 1. The number of halogens is 5. The van der Waals surface area contributed by atoms with Crippen LogP contribution in [0.5, 0.6) is 5.75 Å². The number of aromatic nitrogens is 1. The molecule has 0 spiro atoms. The fourth-order valence-electron chi connectivity index (χ4n) is 3.18. The molecule has 3 aromatic carbocycles. The number of benzene rings is 3. The summed E-state index contributed by atoms with van der Waals surface area (Å²) in [7, 11) is 0. The van der Waals surface area contributed by atoms with Crippen molar-refractivity contribution in [1.29, 1.82) is 0 Å². The lowest BCUT2D eigenvalue weighted by atomic mass is 10.2. The zero-order valence-electron chi connectivity index (χ0n) is 19.4. The highest BCUT2D eigenvalue weighted by atomic mass is 35.5. The van der Waals surface area contributed by atoms with Crippen LogP contribution in [-0.2, 0) is 24.0 Å². The molecule has 2 N–H and O–H groups in total. The van der Waals surface area contributed by atoms with Crippen LogP contribution in [0, 0.1) is 0 Å². The first-order valence-electron chi connectivity index (χ1n) is 11.0. The fourth-order valence-corrected chi connectivity index (χ4v) is 4.37. The van der Waals surface area contributed by atoms with E-state index in [2.05, 4.69) is 20.8 Å². The van der Waals surface area contributed by atoms with E-state index < -0.39 is 17.6 Å². The first kappa shape index (κ1) is 27.4. The zero-order valence-corrected chi connectivity index (χ0v) is 21.8. The average molecular weight is 579 g/mol. The van der Waals surface area contributed by atoms with Crippen LogP contribution in [0.15, 0.2) is 77.2 Å². The summed E-state index contributed by atoms with van der Waals surface area (Å²) in [4.78, 5) is 16.5. The standard InChI is InChI=1S/C26H19Cl2F3N4O2S/c27-19-7-6-17(23(28)11-19)14-37-22-8-4-16(5-9-22)13-32-35-24(36)12-21-15-38-25(34-21)33-20-3-1-2-18(10-20)26(29,30)31/h1-11,13,15H,12,14H2,(H,33,34)(H,35,36)/b32-13-. The molecule has 0 aliphatic heterocycles. The van der Waals surface area contributed by atoms with Crippen LogP contribution < -0.4 is 15.5 Å². The van der Waals surface area contributed by atoms with E-state index in [1.165, 1.54) is 29.7 Å². The van der Waals surface area contributed by atoms with Gasteiger partial charge in [0.2, 0.25) is 5.91 Å². The lowest BCUT2D eigenvalue weighted by Crippen LogP contribution is -2.19. The molecule has 4 aromatic rings. The van der Waals surface area contributed by atoms with Crippen molar-refractivity contribution in [2.24, 2.45) is 5.10 Å². The van der Waals surface area contributed by atoms with Gasteiger partial charge in [0.05, 0.1) is 23.9 Å². The Morgan fingerprint density at radius 2 is 1.87 bits per heavy atom. The highest BCUT2D eigenvalue weighted by Crippen LogP contribution is 2.32. The molecule has 6 nitrogen and oxygen atoms in total. The van der Waals surface area contributed by atoms with Gasteiger partial charge in [-0.2, -0.15) is 18.3 Å². The van der Waals surface area contributed by atoms with Crippen molar-refractivity contribution in [3.63, 3.8) is 0 Å².